The van der Waals surface area contributed by atoms with E-state index in [1.165, 1.54) is 13.0 Å². The van der Waals surface area contributed by atoms with Gasteiger partial charge in [0.25, 0.3) is 0 Å². The minimum Gasteiger partial charge on any atom is -0.504 e. The minimum absolute atomic E-state index is 0.0456. The third kappa shape index (κ3) is 3.13. The lowest BCUT2D eigenvalue weighted by Crippen LogP contribution is -2.03. The molecule has 0 aliphatic carbocycles. The van der Waals surface area contributed by atoms with Gasteiger partial charge in [-0.3, -0.25) is 4.79 Å². The Morgan fingerprint density at radius 2 is 2.27 bits per heavy atom. The first-order valence-electron chi connectivity index (χ1n) is 4.62. The van der Waals surface area contributed by atoms with Crippen molar-refractivity contribution in [1.29, 1.82) is 0 Å². The van der Waals surface area contributed by atoms with E-state index in [0.717, 1.165) is 5.56 Å². The lowest BCUT2D eigenvalue weighted by molar-refractivity contribution is -0.132. The highest BCUT2D eigenvalue weighted by Crippen LogP contribution is 2.30. The first-order chi connectivity index (χ1) is 7.04. The molecule has 0 aliphatic heterocycles. The summed E-state index contributed by atoms with van der Waals surface area (Å²) in [7, 11) is 0. The molecule has 0 saturated heterocycles. The summed E-state index contributed by atoms with van der Waals surface area (Å²) in [4.78, 5) is 10.8. The number of aromatic hydroxyl groups is 1. The topological polar surface area (TPSA) is 46.5 Å². The lowest BCUT2D eigenvalue weighted by Gasteiger charge is -2.10. The molecule has 1 unspecified atom stereocenters. The second-order valence-electron chi connectivity index (χ2n) is 3.38. The smallest absolute Gasteiger partial charge is 0.308 e. The van der Waals surface area contributed by atoms with Gasteiger partial charge in [-0.2, -0.15) is 0 Å². The standard InChI is InChI=1S/C11H13ClO3/c1-7(6-12)9-3-4-10(14)11(5-9)15-8(2)13/h3-5,7,14H,6H2,1-2H3. The third-order valence-corrected chi connectivity index (χ3v) is 2.50. The normalized spacial score (nSPS) is 12.2. The molecule has 0 spiro atoms. The Kier molecular flexibility index (Phi) is 3.97. The van der Waals surface area contributed by atoms with Gasteiger partial charge >= 0.3 is 5.97 Å². The van der Waals surface area contributed by atoms with Gasteiger partial charge in [0.05, 0.1) is 0 Å². The molecule has 82 valence electrons. The number of ether oxygens (including phenoxy) is 1. The Morgan fingerprint density at radius 1 is 1.60 bits per heavy atom. The minimum atomic E-state index is -0.457. The van der Waals surface area contributed by atoms with Crippen LogP contribution < -0.4 is 4.74 Å². The molecular weight excluding hydrogens is 216 g/mol. The maximum Gasteiger partial charge on any atom is 0.308 e. The number of hydrogen-bond donors (Lipinski definition) is 1. The monoisotopic (exact) mass is 228 g/mol. The molecule has 15 heavy (non-hydrogen) atoms. The summed E-state index contributed by atoms with van der Waals surface area (Å²) in [5.74, 6) is 0.305. The van der Waals surface area contributed by atoms with Crippen molar-refractivity contribution >= 4 is 17.6 Å². The van der Waals surface area contributed by atoms with Gasteiger partial charge in [0, 0.05) is 12.8 Å². The van der Waals surface area contributed by atoms with Crippen molar-refractivity contribution in [3.63, 3.8) is 0 Å². The number of carbonyl (C=O) groups excluding carboxylic acids is 1. The number of carbonyl (C=O) groups is 1. The van der Waals surface area contributed by atoms with E-state index in [-0.39, 0.29) is 17.4 Å². The van der Waals surface area contributed by atoms with Crippen LogP contribution >= 0.6 is 11.6 Å². The molecule has 0 amide bonds. The Bertz CT molecular complexity index is 363. The molecule has 1 aromatic carbocycles. The molecule has 1 atom stereocenters. The van der Waals surface area contributed by atoms with Crippen molar-refractivity contribution in [2.45, 2.75) is 19.8 Å². The summed E-state index contributed by atoms with van der Waals surface area (Å²) in [6, 6.07) is 4.88. The van der Waals surface area contributed by atoms with Gasteiger partial charge in [0.2, 0.25) is 0 Å². The molecule has 3 nitrogen and oxygen atoms in total. The van der Waals surface area contributed by atoms with Crippen LogP contribution in [0, 0.1) is 0 Å². The van der Waals surface area contributed by atoms with Crippen molar-refractivity contribution in [2.75, 3.05) is 5.88 Å². The van der Waals surface area contributed by atoms with E-state index in [4.69, 9.17) is 16.3 Å². The average molecular weight is 229 g/mol. The fourth-order valence-electron chi connectivity index (χ4n) is 1.16. The summed E-state index contributed by atoms with van der Waals surface area (Å²) in [5, 5.41) is 9.43. The largest absolute Gasteiger partial charge is 0.504 e. The van der Waals surface area contributed by atoms with Gasteiger partial charge in [-0.25, -0.2) is 0 Å². The van der Waals surface area contributed by atoms with Crippen LogP contribution in [0.2, 0.25) is 0 Å². The van der Waals surface area contributed by atoms with Crippen LogP contribution in [0.1, 0.15) is 25.3 Å². The maximum atomic E-state index is 10.8. The number of esters is 1. The SMILES string of the molecule is CC(=O)Oc1cc(C(C)CCl)ccc1O. The molecule has 0 saturated carbocycles. The van der Waals surface area contributed by atoms with Gasteiger partial charge in [-0.1, -0.05) is 13.0 Å². The fourth-order valence-corrected chi connectivity index (χ4v) is 1.34. The van der Waals surface area contributed by atoms with Crippen LogP contribution in [-0.4, -0.2) is 17.0 Å². The molecule has 1 N–H and O–H groups in total. The summed E-state index contributed by atoms with van der Waals surface area (Å²) in [6.45, 7) is 3.24. The number of halogens is 1. The summed E-state index contributed by atoms with van der Waals surface area (Å²) < 4.78 is 4.85. The van der Waals surface area contributed by atoms with E-state index >= 15 is 0 Å². The molecule has 0 bridgehead atoms. The van der Waals surface area contributed by atoms with Crippen molar-refractivity contribution in [3.8, 4) is 11.5 Å². The first-order valence-corrected chi connectivity index (χ1v) is 5.15. The molecular formula is C11H13ClO3. The molecule has 1 aromatic rings. The van der Waals surface area contributed by atoms with Gasteiger partial charge in [0.1, 0.15) is 0 Å². The van der Waals surface area contributed by atoms with Crippen molar-refractivity contribution in [3.05, 3.63) is 23.8 Å². The highest BCUT2D eigenvalue weighted by molar-refractivity contribution is 6.18. The summed E-state index contributed by atoms with van der Waals surface area (Å²) in [5.41, 5.74) is 0.930. The zero-order valence-corrected chi connectivity index (χ0v) is 9.41. The molecule has 1 rings (SSSR count). The zero-order valence-electron chi connectivity index (χ0n) is 8.66. The Hall–Kier alpha value is -1.22. The van der Waals surface area contributed by atoms with Crippen LogP contribution in [0.3, 0.4) is 0 Å². The molecule has 0 radical (unpaired) electrons. The Morgan fingerprint density at radius 3 is 2.80 bits per heavy atom. The number of phenols is 1. The van der Waals surface area contributed by atoms with Gasteiger partial charge in [-0.05, 0) is 23.6 Å². The summed E-state index contributed by atoms with van der Waals surface area (Å²) in [6.07, 6.45) is 0. The van der Waals surface area contributed by atoms with Gasteiger partial charge in [-0.15, -0.1) is 11.6 Å². The molecule has 0 heterocycles. The van der Waals surface area contributed by atoms with E-state index in [1.807, 2.05) is 6.92 Å². The van der Waals surface area contributed by atoms with Gasteiger partial charge in [0.15, 0.2) is 11.5 Å². The Balaban J connectivity index is 2.99. The number of hydrogen-bond acceptors (Lipinski definition) is 3. The molecule has 0 aromatic heterocycles. The first kappa shape index (κ1) is 11.9. The predicted octanol–water partition coefficient (Wildman–Crippen LogP) is 2.66. The number of benzene rings is 1. The van der Waals surface area contributed by atoms with Crippen LogP contribution in [0.15, 0.2) is 18.2 Å². The number of phenolic OH excluding ortho intramolecular Hbond substituents is 1. The van der Waals surface area contributed by atoms with E-state index in [1.54, 1.807) is 12.1 Å². The Labute approximate surface area is 93.6 Å². The molecule has 0 aliphatic rings. The second-order valence-corrected chi connectivity index (χ2v) is 3.68. The van der Waals surface area contributed by atoms with Gasteiger partial charge < -0.3 is 9.84 Å². The van der Waals surface area contributed by atoms with Crippen LogP contribution in [0.4, 0.5) is 0 Å². The van der Waals surface area contributed by atoms with Crippen molar-refractivity contribution in [2.24, 2.45) is 0 Å². The predicted molar refractivity (Wildman–Crippen MR) is 58.6 cm³/mol. The number of alkyl halides is 1. The van der Waals surface area contributed by atoms with Crippen LogP contribution in [-0.2, 0) is 4.79 Å². The van der Waals surface area contributed by atoms with Crippen LogP contribution in [0.25, 0.3) is 0 Å². The van der Waals surface area contributed by atoms with Crippen LogP contribution in [0.5, 0.6) is 11.5 Å². The lowest BCUT2D eigenvalue weighted by atomic mass is 10.0. The summed E-state index contributed by atoms with van der Waals surface area (Å²) >= 11 is 5.71. The molecule has 0 fully saturated rings. The average Bonchev–Trinajstić information content (AvgIpc) is 2.19. The number of rotatable bonds is 3. The van der Waals surface area contributed by atoms with E-state index in [9.17, 15) is 9.90 Å². The van der Waals surface area contributed by atoms with E-state index < -0.39 is 5.97 Å². The highest BCUT2D eigenvalue weighted by Gasteiger charge is 2.10. The van der Waals surface area contributed by atoms with Crippen molar-refractivity contribution in [1.82, 2.24) is 0 Å². The third-order valence-electron chi connectivity index (χ3n) is 2.04. The highest BCUT2D eigenvalue weighted by atomic mass is 35.5. The van der Waals surface area contributed by atoms with E-state index in [0.29, 0.717) is 5.88 Å². The van der Waals surface area contributed by atoms with Crippen molar-refractivity contribution < 1.29 is 14.6 Å². The zero-order chi connectivity index (χ0) is 11.4. The molecule has 4 heteroatoms. The maximum absolute atomic E-state index is 10.8. The fraction of sp³-hybridized carbons (Fsp3) is 0.364. The second kappa shape index (κ2) is 5.03. The quantitative estimate of drug-likeness (QED) is 0.492. The van der Waals surface area contributed by atoms with E-state index in [2.05, 4.69) is 0 Å².